The van der Waals surface area contributed by atoms with Gasteiger partial charge in [0.15, 0.2) is 0 Å². The molecule has 1 N–H and O–H groups in total. The van der Waals surface area contributed by atoms with E-state index in [0.717, 1.165) is 45.9 Å². The summed E-state index contributed by atoms with van der Waals surface area (Å²) in [4.78, 5) is 10.8. The Hall–Kier alpha value is -3.80. The Bertz CT molecular complexity index is 1250. The van der Waals surface area contributed by atoms with Gasteiger partial charge >= 0.3 is 12.1 Å². The topological polar surface area (TPSA) is 42.2 Å². The Morgan fingerprint density at radius 1 is 1.06 bits per heavy atom. The van der Waals surface area contributed by atoms with Gasteiger partial charge in [0.25, 0.3) is 0 Å². The van der Waals surface area contributed by atoms with Crippen LogP contribution in [0.3, 0.4) is 0 Å². The highest BCUT2D eigenvalue weighted by atomic mass is 19.4. The van der Waals surface area contributed by atoms with E-state index in [-0.39, 0.29) is 6.42 Å². The normalized spacial score (nSPS) is 12.6. The summed E-state index contributed by atoms with van der Waals surface area (Å²) in [5.41, 5.74) is 5.51. The van der Waals surface area contributed by atoms with Crippen LogP contribution in [0.2, 0.25) is 0 Å². The molecule has 2 aromatic carbocycles. The molecule has 0 aliphatic carbocycles. The van der Waals surface area contributed by atoms with Crippen molar-refractivity contribution in [2.75, 3.05) is 0 Å². The molecule has 1 heterocycles. The molecule has 0 saturated heterocycles. The Labute approximate surface area is 203 Å². The second-order valence-corrected chi connectivity index (χ2v) is 8.32. The zero-order chi connectivity index (χ0) is 25.6. The molecule has 0 amide bonds. The number of nitrogens with zero attached hydrogens (tertiary/aromatic N) is 1. The summed E-state index contributed by atoms with van der Waals surface area (Å²) in [5.74, 6) is -0.816. The molecule has 6 heteroatoms. The molecule has 35 heavy (non-hydrogen) atoms. The molecule has 0 fully saturated rings. The maximum Gasteiger partial charge on any atom is 0.416 e. The Morgan fingerprint density at radius 3 is 2.29 bits per heavy atom. The van der Waals surface area contributed by atoms with Gasteiger partial charge in [-0.2, -0.15) is 13.2 Å². The van der Waals surface area contributed by atoms with E-state index in [1.54, 1.807) is 6.92 Å². The fraction of sp³-hybridized carbons (Fsp3) is 0.207. The molecule has 3 aromatic rings. The van der Waals surface area contributed by atoms with Crippen LogP contribution in [0, 0.1) is 6.92 Å². The lowest BCUT2D eigenvalue weighted by molar-refractivity contribution is -0.137. The van der Waals surface area contributed by atoms with Crippen molar-refractivity contribution in [1.29, 1.82) is 0 Å². The molecule has 0 atom stereocenters. The number of benzene rings is 2. The number of aliphatic carboxylic acids is 1. The van der Waals surface area contributed by atoms with E-state index in [1.807, 2.05) is 72.2 Å². The summed E-state index contributed by atoms with van der Waals surface area (Å²) in [7, 11) is 0. The lowest BCUT2D eigenvalue weighted by Crippen LogP contribution is -2.09. The van der Waals surface area contributed by atoms with Gasteiger partial charge in [0.2, 0.25) is 0 Å². The highest BCUT2D eigenvalue weighted by Crippen LogP contribution is 2.33. The minimum atomic E-state index is -4.47. The summed E-state index contributed by atoms with van der Waals surface area (Å²) in [6.07, 6.45) is 0.178. The molecule has 0 bridgehead atoms. The van der Waals surface area contributed by atoms with E-state index in [4.69, 9.17) is 5.11 Å². The van der Waals surface area contributed by atoms with Crippen LogP contribution in [0.5, 0.6) is 0 Å². The van der Waals surface area contributed by atoms with Crippen molar-refractivity contribution in [3.8, 4) is 16.8 Å². The zero-order valence-corrected chi connectivity index (χ0v) is 19.8. The van der Waals surface area contributed by atoms with E-state index in [1.165, 1.54) is 6.08 Å². The van der Waals surface area contributed by atoms with Crippen molar-refractivity contribution in [3.05, 3.63) is 108 Å². The van der Waals surface area contributed by atoms with Crippen LogP contribution < -0.4 is 0 Å². The zero-order valence-electron chi connectivity index (χ0n) is 19.8. The highest BCUT2D eigenvalue weighted by molar-refractivity contribution is 5.76. The smallest absolute Gasteiger partial charge is 0.416 e. The number of hydrogen-bond acceptors (Lipinski definition) is 1. The van der Waals surface area contributed by atoms with Crippen molar-refractivity contribution in [1.82, 2.24) is 4.57 Å². The second kappa shape index (κ2) is 11.1. The fourth-order valence-corrected chi connectivity index (χ4v) is 3.97. The Morgan fingerprint density at radius 2 is 1.71 bits per heavy atom. The monoisotopic (exact) mass is 479 g/mol. The van der Waals surface area contributed by atoms with Gasteiger partial charge in [-0.3, -0.25) is 4.79 Å². The van der Waals surface area contributed by atoms with Gasteiger partial charge in [0.05, 0.1) is 5.57 Å². The average molecular weight is 480 g/mol. The minimum Gasteiger partial charge on any atom is -0.481 e. The minimum absolute atomic E-state index is 0.116. The maximum atomic E-state index is 13.2. The van der Waals surface area contributed by atoms with Gasteiger partial charge in [-0.05, 0) is 67.7 Å². The number of halogens is 3. The van der Waals surface area contributed by atoms with Crippen molar-refractivity contribution in [3.63, 3.8) is 0 Å². The van der Waals surface area contributed by atoms with Gasteiger partial charge in [-0.25, -0.2) is 0 Å². The van der Waals surface area contributed by atoms with E-state index < -0.39 is 17.7 Å². The lowest BCUT2D eigenvalue weighted by Gasteiger charge is -2.14. The quantitative estimate of drug-likeness (QED) is 0.317. The van der Waals surface area contributed by atoms with E-state index in [2.05, 4.69) is 6.58 Å². The Balaban J connectivity index is 2.07. The SMILES string of the molecule is C=C/C(=C\C=C(/C)c1cc(-c2ccccc2)c(C)n1-c1ccc(CCCC(=O)O)cc1)C(F)(F)F. The van der Waals surface area contributed by atoms with Gasteiger partial charge in [0.1, 0.15) is 0 Å². The van der Waals surface area contributed by atoms with Crippen molar-refractivity contribution < 1.29 is 23.1 Å². The first-order chi connectivity index (χ1) is 16.6. The van der Waals surface area contributed by atoms with Crippen molar-refractivity contribution in [2.45, 2.75) is 39.3 Å². The molecule has 0 spiro atoms. The molecule has 0 aliphatic heterocycles. The number of alkyl halides is 3. The van der Waals surface area contributed by atoms with Crippen LogP contribution in [0.15, 0.2) is 91.0 Å². The summed E-state index contributed by atoms with van der Waals surface area (Å²) in [6, 6.07) is 19.6. The molecule has 3 nitrogen and oxygen atoms in total. The first-order valence-electron chi connectivity index (χ1n) is 11.3. The van der Waals surface area contributed by atoms with Crippen LogP contribution in [0.1, 0.15) is 36.7 Å². The highest BCUT2D eigenvalue weighted by Gasteiger charge is 2.30. The molecule has 1 aromatic heterocycles. The van der Waals surface area contributed by atoms with Crippen LogP contribution in [-0.4, -0.2) is 21.8 Å². The van der Waals surface area contributed by atoms with Crippen LogP contribution >= 0.6 is 0 Å². The third-order valence-corrected chi connectivity index (χ3v) is 5.85. The van der Waals surface area contributed by atoms with E-state index in [0.29, 0.717) is 18.4 Å². The maximum absolute atomic E-state index is 13.2. The van der Waals surface area contributed by atoms with Crippen LogP contribution in [0.4, 0.5) is 13.2 Å². The largest absolute Gasteiger partial charge is 0.481 e. The van der Waals surface area contributed by atoms with E-state index in [9.17, 15) is 18.0 Å². The number of hydrogen-bond donors (Lipinski definition) is 1. The molecule has 182 valence electrons. The molecular formula is C29H28F3NO2. The fourth-order valence-electron chi connectivity index (χ4n) is 3.97. The van der Waals surface area contributed by atoms with Gasteiger partial charge in [-0.1, -0.05) is 61.2 Å². The Kier molecular flexibility index (Phi) is 8.18. The predicted molar refractivity (Wildman–Crippen MR) is 135 cm³/mol. The second-order valence-electron chi connectivity index (χ2n) is 8.32. The molecule has 0 unspecified atom stereocenters. The van der Waals surface area contributed by atoms with Gasteiger partial charge in [-0.15, -0.1) is 0 Å². The van der Waals surface area contributed by atoms with Crippen molar-refractivity contribution in [2.24, 2.45) is 0 Å². The standard InChI is InChI=1S/C29H28F3NO2/c1-4-24(29(30,31)32)16-13-20(2)27-19-26(23-10-6-5-7-11-23)21(3)33(27)25-17-14-22(15-18-25)9-8-12-28(34)35/h4-7,10-11,13-19H,1,8-9,12H2,2-3H3,(H,34,35)/b20-13+,24-16+. The third-order valence-electron chi connectivity index (χ3n) is 5.85. The third kappa shape index (κ3) is 6.41. The van der Waals surface area contributed by atoms with Crippen molar-refractivity contribution >= 4 is 11.5 Å². The number of aromatic nitrogens is 1. The van der Waals surface area contributed by atoms with Gasteiger partial charge in [0, 0.05) is 29.1 Å². The number of rotatable bonds is 9. The average Bonchev–Trinajstić information content (AvgIpc) is 3.16. The summed E-state index contributed by atoms with van der Waals surface area (Å²) in [5, 5.41) is 8.85. The summed E-state index contributed by atoms with van der Waals surface area (Å²) >= 11 is 0. The first kappa shape index (κ1) is 25.8. The van der Waals surface area contributed by atoms with Gasteiger partial charge < -0.3 is 9.67 Å². The van der Waals surface area contributed by atoms with E-state index >= 15 is 0 Å². The molecular weight excluding hydrogens is 451 g/mol. The number of carbonyl (C=O) groups is 1. The predicted octanol–water partition coefficient (Wildman–Crippen LogP) is 7.94. The number of aryl methyl sites for hydroxylation is 1. The van der Waals surface area contributed by atoms with Crippen LogP contribution in [0.25, 0.3) is 22.4 Å². The summed E-state index contributed by atoms with van der Waals surface area (Å²) < 4.78 is 41.5. The number of carboxylic acids is 1. The molecule has 3 rings (SSSR count). The lowest BCUT2D eigenvalue weighted by atomic mass is 10.1. The molecule has 0 radical (unpaired) electrons. The molecule has 0 aliphatic rings. The summed E-state index contributed by atoms with van der Waals surface area (Å²) in [6.45, 7) is 7.06. The number of allylic oxidation sites excluding steroid dienone is 5. The molecule has 0 saturated carbocycles. The van der Waals surface area contributed by atoms with Crippen LogP contribution in [-0.2, 0) is 11.2 Å². The first-order valence-corrected chi connectivity index (χ1v) is 11.3. The number of carboxylic acid groups (broad SMARTS) is 1.